The maximum absolute atomic E-state index is 13.2. The molecule has 1 aromatic heterocycles. The molecule has 1 atom stereocenters. The summed E-state index contributed by atoms with van der Waals surface area (Å²) in [6, 6.07) is 9.29. The lowest BCUT2D eigenvalue weighted by atomic mass is 9.84. The zero-order valence-corrected chi connectivity index (χ0v) is 13.5. The van der Waals surface area contributed by atoms with E-state index in [-0.39, 0.29) is 18.5 Å². The summed E-state index contributed by atoms with van der Waals surface area (Å²) in [5.41, 5.74) is 1.71. The number of aromatic nitrogens is 1. The minimum Gasteiger partial charge on any atom is -0.361 e. The van der Waals surface area contributed by atoms with E-state index in [1.165, 1.54) is 4.90 Å². The second-order valence-electron chi connectivity index (χ2n) is 6.52. The molecule has 0 unspecified atom stereocenters. The number of urea groups is 1. The van der Waals surface area contributed by atoms with Gasteiger partial charge in [0.25, 0.3) is 5.91 Å². The number of nitrogens with one attached hydrogen (secondary N) is 1. The number of hydrogen-bond donors (Lipinski definition) is 1. The minimum atomic E-state index is -0.942. The molecule has 1 aliphatic heterocycles. The summed E-state index contributed by atoms with van der Waals surface area (Å²) < 4.78 is 5.04. The van der Waals surface area contributed by atoms with Gasteiger partial charge < -0.3 is 9.84 Å². The molecule has 1 spiro atoms. The van der Waals surface area contributed by atoms with Crippen molar-refractivity contribution in [1.82, 2.24) is 15.4 Å². The molecule has 1 aromatic carbocycles. The highest BCUT2D eigenvalue weighted by molar-refractivity contribution is 6.07. The standard InChI is InChI=1S/C18H19N3O3/c1-12-10-14(20-24-12)11-21-16(22)18(19-17(21)23)9-5-4-7-13-6-2-3-8-15(13)18/h2-3,6,8,10H,4-5,7,9,11H2,1H3,(H,19,23)/t18-/m1/s1. The Bertz CT molecular complexity index is 813. The van der Waals surface area contributed by atoms with E-state index in [0.29, 0.717) is 17.9 Å². The third kappa shape index (κ3) is 2.21. The molecule has 2 aliphatic rings. The van der Waals surface area contributed by atoms with Gasteiger partial charge in [0.05, 0.1) is 6.54 Å². The molecule has 1 fully saturated rings. The first-order chi connectivity index (χ1) is 11.6. The highest BCUT2D eigenvalue weighted by atomic mass is 16.5. The van der Waals surface area contributed by atoms with Crippen LogP contribution in [0.2, 0.25) is 0 Å². The van der Waals surface area contributed by atoms with Gasteiger partial charge in [0.2, 0.25) is 0 Å². The molecule has 6 heteroatoms. The molecule has 124 valence electrons. The number of imide groups is 1. The summed E-state index contributed by atoms with van der Waals surface area (Å²) in [6.07, 6.45) is 3.48. The molecule has 1 saturated heterocycles. The summed E-state index contributed by atoms with van der Waals surface area (Å²) >= 11 is 0. The van der Waals surface area contributed by atoms with Crippen molar-refractivity contribution in [3.8, 4) is 0 Å². The van der Waals surface area contributed by atoms with Crippen LogP contribution in [0.15, 0.2) is 34.9 Å². The van der Waals surface area contributed by atoms with Crippen molar-refractivity contribution in [3.63, 3.8) is 0 Å². The van der Waals surface area contributed by atoms with Gasteiger partial charge in [-0.3, -0.25) is 9.69 Å². The van der Waals surface area contributed by atoms with Crippen molar-refractivity contribution in [2.45, 2.75) is 44.7 Å². The van der Waals surface area contributed by atoms with Crippen LogP contribution in [-0.2, 0) is 23.3 Å². The lowest BCUT2D eigenvalue weighted by Crippen LogP contribution is -2.44. The Hall–Kier alpha value is -2.63. The fourth-order valence-corrected chi connectivity index (χ4v) is 3.77. The Kier molecular flexibility index (Phi) is 3.40. The van der Waals surface area contributed by atoms with Crippen LogP contribution in [0.25, 0.3) is 0 Å². The molecule has 2 heterocycles. The molecule has 6 nitrogen and oxygen atoms in total. The molecule has 0 bridgehead atoms. The predicted molar refractivity (Wildman–Crippen MR) is 86.0 cm³/mol. The van der Waals surface area contributed by atoms with Crippen molar-refractivity contribution < 1.29 is 14.1 Å². The van der Waals surface area contributed by atoms with Gasteiger partial charge in [-0.2, -0.15) is 0 Å². The number of nitrogens with zero attached hydrogens (tertiary/aromatic N) is 2. The average Bonchev–Trinajstić information content (AvgIpc) is 3.01. The Labute approximate surface area is 139 Å². The SMILES string of the molecule is Cc1cc(CN2C(=O)N[C@@]3(CCCCc4ccccc43)C2=O)no1. The maximum Gasteiger partial charge on any atom is 0.325 e. The molecule has 4 rings (SSSR count). The molecule has 1 aliphatic carbocycles. The first kappa shape index (κ1) is 14.9. The predicted octanol–water partition coefficient (Wildman–Crippen LogP) is 2.66. The highest BCUT2D eigenvalue weighted by Crippen LogP contribution is 2.39. The molecule has 0 radical (unpaired) electrons. The minimum absolute atomic E-state index is 0.131. The number of carbonyl (C=O) groups is 2. The number of carbonyl (C=O) groups excluding carboxylic acids is 2. The zero-order valence-electron chi connectivity index (χ0n) is 13.5. The number of fused-ring (bicyclic) bond motifs is 2. The Morgan fingerprint density at radius 2 is 2.12 bits per heavy atom. The Morgan fingerprint density at radius 1 is 1.29 bits per heavy atom. The van der Waals surface area contributed by atoms with Gasteiger partial charge in [-0.25, -0.2) is 4.79 Å². The van der Waals surface area contributed by atoms with E-state index in [2.05, 4.69) is 10.5 Å². The second-order valence-corrected chi connectivity index (χ2v) is 6.52. The summed E-state index contributed by atoms with van der Waals surface area (Å²) in [5.74, 6) is 0.467. The smallest absolute Gasteiger partial charge is 0.325 e. The van der Waals surface area contributed by atoms with Gasteiger partial charge in [-0.05, 0) is 43.7 Å². The normalized spacial score (nSPS) is 23.3. The lowest BCUT2D eigenvalue weighted by Gasteiger charge is -2.27. The second kappa shape index (κ2) is 5.47. The maximum atomic E-state index is 13.2. The van der Waals surface area contributed by atoms with E-state index in [1.54, 1.807) is 13.0 Å². The molecule has 2 aromatic rings. The number of hydrogen-bond acceptors (Lipinski definition) is 4. The summed E-state index contributed by atoms with van der Waals surface area (Å²) in [4.78, 5) is 27.0. The Morgan fingerprint density at radius 3 is 2.92 bits per heavy atom. The van der Waals surface area contributed by atoms with Crippen LogP contribution < -0.4 is 5.32 Å². The van der Waals surface area contributed by atoms with Crippen molar-refractivity contribution >= 4 is 11.9 Å². The average molecular weight is 325 g/mol. The third-order valence-electron chi connectivity index (χ3n) is 4.90. The molecular formula is C18H19N3O3. The van der Waals surface area contributed by atoms with E-state index in [4.69, 9.17) is 4.52 Å². The van der Waals surface area contributed by atoms with Crippen LogP contribution in [0.1, 0.15) is 41.8 Å². The summed E-state index contributed by atoms with van der Waals surface area (Å²) in [7, 11) is 0. The van der Waals surface area contributed by atoms with E-state index >= 15 is 0 Å². The number of aryl methyl sites for hydroxylation is 2. The molecular weight excluding hydrogens is 306 g/mol. The summed E-state index contributed by atoms with van der Waals surface area (Å²) in [6.45, 7) is 1.91. The van der Waals surface area contributed by atoms with E-state index < -0.39 is 5.54 Å². The monoisotopic (exact) mass is 325 g/mol. The lowest BCUT2D eigenvalue weighted by molar-refractivity contribution is -0.132. The van der Waals surface area contributed by atoms with Crippen LogP contribution >= 0.6 is 0 Å². The van der Waals surface area contributed by atoms with Crippen molar-refractivity contribution in [3.05, 3.63) is 52.9 Å². The largest absolute Gasteiger partial charge is 0.361 e. The van der Waals surface area contributed by atoms with Gasteiger partial charge in [-0.15, -0.1) is 0 Å². The van der Waals surface area contributed by atoms with Crippen molar-refractivity contribution in [2.24, 2.45) is 0 Å². The number of amides is 3. The van der Waals surface area contributed by atoms with Gasteiger partial charge in [-0.1, -0.05) is 29.4 Å². The molecule has 1 N–H and O–H groups in total. The van der Waals surface area contributed by atoms with Crippen LogP contribution in [0, 0.1) is 6.92 Å². The zero-order chi connectivity index (χ0) is 16.7. The van der Waals surface area contributed by atoms with E-state index in [0.717, 1.165) is 30.4 Å². The molecule has 0 saturated carbocycles. The van der Waals surface area contributed by atoms with E-state index in [1.807, 2.05) is 24.3 Å². The van der Waals surface area contributed by atoms with Gasteiger partial charge >= 0.3 is 6.03 Å². The number of benzene rings is 1. The van der Waals surface area contributed by atoms with E-state index in [9.17, 15) is 9.59 Å². The number of rotatable bonds is 2. The fraction of sp³-hybridized carbons (Fsp3) is 0.389. The highest BCUT2D eigenvalue weighted by Gasteiger charge is 2.53. The van der Waals surface area contributed by atoms with Crippen LogP contribution in [0.5, 0.6) is 0 Å². The first-order valence-corrected chi connectivity index (χ1v) is 8.25. The molecule has 24 heavy (non-hydrogen) atoms. The van der Waals surface area contributed by atoms with Crippen molar-refractivity contribution in [1.29, 1.82) is 0 Å². The van der Waals surface area contributed by atoms with Crippen LogP contribution in [0.4, 0.5) is 4.79 Å². The fourth-order valence-electron chi connectivity index (χ4n) is 3.77. The Balaban J connectivity index is 1.72. The first-order valence-electron chi connectivity index (χ1n) is 8.25. The quantitative estimate of drug-likeness (QED) is 0.861. The topological polar surface area (TPSA) is 75.4 Å². The van der Waals surface area contributed by atoms with Crippen LogP contribution in [0.3, 0.4) is 0 Å². The third-order valence-corrected chi connectivity index (χ3v) is 4.90. The van der Waals surface area contributed by atoms with Gasteiger partial charge in [0.1, 0.15) is 17.0 Å². The summed E-state index contributed by atoms with van der Waals surface area (Å²) in [5, 5.41) is 6.87. The van der Waals surface area contributed by atoms with Gasteiger partial charge in [0.15, 0.2) is 0 Å². The molecule has 3 amide bonds. The van der Waals surface area contributed by atoms with Crippen LogP contribution in [-0.4, -0.2) is 22.0 Å². The van der Waals surface area contributed by atoms with Gasteiger partial charge in [0, 0.05) is 6.07 Å². The van der Waals surface area contributed by atoms with Crippen molar-refractivity contribution in [2.75, 3.05) is 0 Å².